The lowest BCUT2D eigenvalue weighted by Crippen LogP contribution is -2.23. The number of benzene rings is 1. The highest BCUT2D eigenvalue weighted by atomic mass is 32.2. The maximum Gasteiger partial charge on any atom is 0.251 e. The van der Waals surface area contributed by atoms with E-state index in [-0.39, 0.29) is 18.2 Å². The molecule has 2 aromatic rings. The van der Waals surface area contributed by atoms with Gasteiger partial charge in [-0.05, 0) is 17.7 Å². The van der Waals surface area contributed by atoms with Crippen molar-refractivity contribution in [2.45, 2.75) is 12.3 Å². The summed E-state index contributed by atoms with van der Waals surface area (Å²) in [7, 11) is -3.08. The van der Waals surface area contributed by atoms with Crippen molar-refractivity contribution in [3.8, 4) is 0 Å². The molecule has 20 heavy (non-hydrogen) atoms. The van der Waals surface area contributed by atoms with Crippen molar-refractivity contribution in [1.29, 1.82) is 0 Å². The van der Waals surface area contributed by atoms with Gasteiger partial charge in [-0.3, -0.25) is 4.79 Å². The zero-order valence-corrected chi connectivity index (χ0v) is 11.5. The maximum absolute atomic E-state index is 11.8. The Hall–Kier alpha value is -2.29. The molecule has 106 valence electrons. The van der Waals surface area contributed by atoms with Crippen LogP contribution in [0.2, 0.25) is 0 Å². The van der Waals surface area contributed by atoms with Crippen LogP contribution in [0.5, 0.6) is 0 Å². The summed E-state index contributed by atoms with van der Waals surface area (Å²) in [4.78, 5) is 11.8. The highest BCUT2D eigenvalue weighted by Gasteiger charge is 2.08. The van der Waals surface area contributed by atoms with Gasteiger partial charge in [-0.15, -0.1) is 10.2 Å². The van der Waals surface area contributed by atoms with Gasteiger partial charge in [-0.2, -0.15) is 5.21 Å². The average molecular weight is 295 g/mol. The van der Waals surface area contributed by atoms with Crippen LogP contribution in [0.3, 0.4) is 0 Å². The normalized spacial score (nSPS) is 11.2. The molecule has 1 heterocycles. The van der Waals surface area contributed by atoms with Gasteiger partial charge in [0.2, 0.25) is 0 Å². The monoisotopic (exact) mass is 295 g/mol. The molecule has 0 aliphatic heterocycles. The molecule has 2 N–H and O–H groups in total. The molecular weight excluding hydrogens is 282 g/mol. The number of aromatic nitrogens is 4. The lowest BCUT2D eigenvalue weighted by molar-refractivity contribution is 0.0950. The molecule has 0 spiro atoms. The zero-order valence-electron chi connectivity index (χ0n) is 10.7. The molecule has 2 rings (SSSR count). The minimum atomic E-state index is -3.08. The molecule has 0 aliphatic rings. The number of carbonyl (C=O) groups excluding carboxylic acids is 1. The predicted molar refractivity (Wildman–Crippen MR) is 70.3 cm³/mol. The second-order valence-corrected chi connectivity index (χ2v) is 6.42. The Balaban J connectivity index is 1.97. The molecule has 1 aromatic heterocycles. The van der Waals surface area contributed by atoms with Crippen molar-refractivity contribution in [2.75, 3.05) is 6.26 Å². The number of carbonyl (C=O) groups is 1. The van der Waals surface area contributed by atoms with E-state index < -0.39 is 9.84 Å². The summed E-state index contributed by atoms with van der Waals surface area (Å²) in [5, 5.41) is 15.7. The molecule has 0 radical (unpaired) electrons. The fraction of sp³-hybridized carbons (Fsp3) is 0.273. The van der Waals surface area contributed by atoms with E-state index >= 15 is 0 Å². The Morgan fingerprint density at radius 2 is 2.00 bits per heavy atom. The smallest absolute Gasteiger partial charge is 0.251 e. The molecule has 9 heteroatoms. The van der Waals surface area contributed by atoms with Crippen molar-refractivity contribution in [1.82, 2.24) is 25.9 Å². The van der Waals surface area contributed by atoms with E-state index in [1.165, 1.54) is 6.26 Å². The first-order chi connectivity index (χ1) is 9.44. The van der Waals surface area contributed by atoms with Gasteiger partial charge in [0.1, 0.15) is 0 Å². The van der Waals surface area contributed by atoms with Crippen molar-refractivity contribution in [2.24, 2.45) is 0 Å². The zero-order chi connectivity index (χ0) is 14.6. The van der Waals surface area contributed by atoms with Gasteiger partial charge < -0.3 is 5.32 Å². The van der Waals surface area contributed by atoms with E-state index in [1.807, 2.05) is 0 Å². The third-order valence-corrected chi connectivity index (χ3v) is 3.30. The number of nitrogens with zero attached hydrogens (tertiary/aromatic N) is 3. The van der Waals surface area contributed by atoms with Crippen LogP contribution in [0.4, 0.5) is 0 Å². The van der Waals surface area contributed by atoms with Crippen LogP contribution >= 0.6 is 0 Å². The molecular formula is C11H13N5O3S. The SMILES string of the molecule is CS(=O)(=O)Cc1ccc(C(=O)NCc2nn[nH]n2)cc1. The number of H-pyrrole nitrogens is 1. The van der Waals surface area contributed by atoms with Crippen LogP contribution in [0.25, 0.3) is 0 Å². The third kappa shape index (κ3) is 4.12. The first-order valence-electron chi connectivity index (χ1n) is 5.71. The number of amides is 1. The van der Waals surface area contributed by atoms with Crippen molar-refractivity contribution in [3.63, 3.8) is 0 Å². The summed E-state index contributed by atoms with van der Waals surface area (Å²) in [5.74, 6) is 0.0466. The Morgan fingerprint density at radius 1 is 1.30 bits per heavy atom. The van der Waals surface area contributed by atoms with Gasteiger partial charge in [0.15, 0.2) is 15.7 Å². The molecule has 0 saturated heterocycles. The number of sulfone groups is 1. The lowest BCUT2D eigenvalue weighted by atomic mass is 10.1. The Bertz CT molecular complexity index is 679. The first kappa shape index (κ1) is 14.1. The number of nitrogens with one attached hydrogen (secondary N) is 2. The van der Waals surface area contributed by atoms with E-state index in [2.05, 4.69) is 25.9 Å². The van der Waals surface area contributed by atoms with Crippen LogP contribution in [0, 0.1) is 0 Å². The summed E-state index contributed by atoms with van der Waals surface area (Å²) >= 11 is 0. The van der Waals surface area contributed by atoms with Crippen LogP contribution in [0.15, 0.2) is 24.3 Å². The van der Waals surface area contributed by atoms with Gasteiger partial charge in [-0.1, -0.05) is 17.3 Å². The van der Waals surface area contributed by atoms with Gasteiger partial charge in [0.05, 0.1) is 12.3 Å². The Labute approximate surface area is 115 Å². The molecule has 0 unspecified atom stereocenters. The summed E-state index contributed by atoms with van der Waals surface area (Å²) in [6.45, 7) is 0.167. The van der Waals surface area contributed by atoms with Gasteiger partial charge in [-0.25, -0.2) is 8.42 Å². The summed E-state index contributed by atoms with van der Waals surface area (Å²) in [6, 6.07) is 6.38. The van der Waals surface area contributed by atoms with Crippen LogP contribution in [0.1, 0.15) is 21.7 Å². The number of tetrazole rings is 1. The minimum Gasteiger partial charge on any atom is -0.345 e. The highest BCUT2D eigenvalue weighted by Crippen LogP contribution is 2.08. The summed E-state index contributed by atoms with van der Waals surface area (Å²) in [5.41, 5.74) is 1.08. The Kier molecular flexibility index (Phi) is 4.08. The topological polar surface area (TPSA) is 118 Å². The van der Waals surface area contributed by atoms with Gasteiger partial charge >= 0.3 is 0 Å². The summed E-state index contributed by atoms with van der Waals surface area (Å²) < 4.78 is 22.3. The number of hydrogen-bond acceptors (Lipinski definition) is 6. The van der Waals surface area contributed by atoms with Crippen LogP contribution in [-0.4, -0.2) is 41.2 Å². The predicted octanol–water partition coefficient (Wildman–Crippen LogP) is -0.326. The fourth-order valence-corrected chi connectivity index (χ4v) is 2.37. The van der Waals surface area contributed by atoms with E-state index in [1.54, 1.807) is 24.3 Å². The largest absolute Gasteiger partial charge is 0.345 e. The van der Waals surface area contributed by atoms with Gasteiger partial charge in [0, 0.05) is 11.8 Å². The molecule has 0 saturated carbocycles. The molecule has 0 fully saturated rings. The van der Waals surface area contributed by atoms with E-state index in [4.69, 9.17) is 0 Å². The van der Waals surface area contributed by atoms with Crippen LogP contribution in [-0.2, 0) is 22.1 Å². The number of hydrogen-bond donors (Lipinski definition) is 2. The van der Waals surface area contributed by atoms with Crippen molar-refractivity contribution < 1.29 is 13.2 Å². The molecule has 0 atom stereocenters. The average Bonchev–Trinajstić information content (AvgIpc) is 2.88. The second-order valence-electron chi connectivity index (χ2n) is 4.28. The first-order valence-corrected chi connectivity index (χ1v) is 7.77. The van der Waals surface area contributed by atoms with E-state index in [9.17, 15) is 13.2 Å². The number of aromatic amines is 1. The van der Waals surface area contributed by atoms with Gasteiger partial charge in [0.25, 0.3) is 5.91 Å². The van der Waals surface area contributed by atoms with Crippen molar-refractivity contribution in [3.05, 3.63) is 41.2 Å². The Morgan fingerprint density at radius 3 is 2.55 bits per heavy atom. The molecule has 1 amide bonds. The lowest BCUT2D eigenvalue weighted by Gasteiger charge is -2.04. The molecule has 0 bridgehead atoms. The van der Waals surface area contributed by atoms with Crippen molar-refractivity contribution >= 4 is 15.7 Å². The molecule has 8 nitrogen and oxygen atoms in total. The second kappa shape index (κ2) is 5.78. The number of rotatable bonds is 5. The molecule has 0 aliphatic carbocycles. The standard InChI is InChI=1S/C11H13N5O3S/c1-20(18,19)7-8-2-4-9(5-3-8)11(17)12-6-10-13-15-16-14-10/h2-5H,6-7H2,1H3,(H,12,17)(H,13,14,15,16). The minimum absolute atomic E-state index is 0.0439. The maximum atomic E-state index is 11.8. The summed E-state index contributed by atoms with van der Waals surface area (Å²) in [6.07, 6.45) is 1.17. The third-order valence-electron chi connectivity index (χ3n) is 2.44. The highest BCUT2D eigenvalue weighted by molar-refractivity contribution is 7.89. The quantitative estimate of drug-likeness (QED) is 0.780. The molecule has 1 aromatic carbocycles. The fourth-order valence-electron chi connectivity index (χ4n) is 1.57. The van der Waals surface area contributed by atoms with E-state index in [0.717, 1.165) is 0 Å². The van der Waals surface area contributed by atoms with Crippen LogP contribution < -0.4 is 5.32 Å². The van der Waals surface area contributed by atoms with E-state index in [0.29, 0.717) is 17.0 Å².